The van der Waals surface area contributed by atoms with E-state index in [1.807, 2.05) is 13.0 Å². The van der Waals surface area contributed by atoms with Gasteiger partial charge in [-0.15, -0.1) is 0 Å². The van der Waals surface area contributed by atoms with Crippen molar-refractivity contribution in [1.29, 1.82) is 0 Å². The lowest BCUT2D eigenvalue weighted by molar-refractivity contribution is -0.113. The third kappa shape index (κ3) is 3.61. The zero-order valence-corrected chi connectivity index (χ0v) is 15.8. The fourth-order valence-corrected chi connectivity index (χ4v) is 3.73. The van der Waals surface area contributed by atoms with E-state index in [0.29, 0.717) is 32.2 Å². The van der Waals surface area contributed by atoms with Gasteiger partial charge < -0.3 is 10.3 Å². The monoisotopic (exact) mass is 400 g/mol. The van der Waals surface area contributed by atoms with E-state index in [0.717, 1.165) is 11.1 Å². The SMILES string of the molecule is Cc1ccc(Cl)cc1NC(=O)CSc1ncnc2c1[nH]c1ccc(F)cc12. The number of hydrogen-bond donors (Lipinski definition) is 2. The van der Waals surface area contributed by atoms with Gasteiger partial charge in [0.2, 0.25) is 5.91 Å². The lowest BCUT2D eigenvalue weighted by Crippen LogP contribution is -2.15. The number of nitrogens with one attached hydrogen (secondary N) is 2. The van der Waals surface area contributed by atoms with Gasteiger partial charge in [0.25, 0.3) is 0 Å². The van der Waals surface area contributed by atoms with Gasteiger partial charge in [0.15, 0.2) is 0 Å². The Morgan fingerprint density at radius 1 is 1.26 bits per heavy atom. The molecule has 0 radical (unpaired) electrons. The van der Waals surface area contributed by atoms with Crippen LogP contribution in [-0.4, -0.2) is 26.6 Å². The van der Waals surface area contributed by atoms with Crippen LogP contribution in [0.15, 0.2) is 47.8 Å². The van der Waals surface area contributed by atoms with Gasteiger partial charge in [0.05, 0.1) is 11.3 Å². The first kappa shape index (κ1) is 17.8. The first-order valence-corrected chi connectivity index (χ1v) is 9.48. The largest absolute Gasteiger partial charge is 0.351 e. The molecule has 1 amide bonds. The minimum atomic E-state index is -0.326. The summed E-state index contributed by atoms with van der Waals surface area (Å²) < 4.78 is 13.5. The summed E-state index contributed by atoms with van der Waals surface area (Å²) in [5.74, 6) is -0.325. The molecule has 0 aliphatic carbocycles. The van der Waals surface area contributed by atoms with Crippen LogP contribution >= 0.6 is 23.4 Å². The zero-order valence-electron chi connectivity index (χ0n) is 14.2. The molecule has 136 valence electrons. The molecule has 0 saturated heterocycles. The van der Waals surface area contributed by atoms with E-state index in [1.54, 1.807) is 18.2 Å². The number of carbonyl (C=O) groups is 1. The second kappa shape index (κ2) is 7.17. The van der Waals surface area contributed by atoms with Crippen LogP contribution in [0.3, 0.4) is 0 Å². The maximum Gasteiger partial charge on any atom is 0.234 e. The van der Waals surface area contributed by atoms with E-state index in [1.165, 1.54) is 30.2 Å². The Labute approximate surface area is 163 Å². The Morgan fingerprint density at radius 3 is 2.96 bits per heavy atom. The number of amides is 1. The van der Waals surface area contributed by atoms with Gasteiger partial charge in [-0.25, -0.2) is 14.4 Å². The first-order valence-electron chi connectivity index (χ1n) is 8.12. The van der Waals surface area contributed by atoms with Crippen molar-refractivity contribution in [3.05, 3.63) is 59.1 Å². The van der Waals surface area contributed by atoms with E-state index < -0.39 is 0 Å². The van der Waals surface area contributed by atoms with Crippen LogP contribution in [0.1, 0.15) is 5.56 Å². The second-order valence-electron chi connectivity index (χ2n) is 6.01. The highest BCUT2D eigenvalue weighted by Gasteiger charge is 2.13. The number of anilines is 1. The molecular formula is C19H14ClFN4OS. The molecule has 2 N–H and O–H groups in total. The van der Waals surface area contributed by atoms with Crippen molar-refractivity contribution >= 4 is 56.9 Å². The van der Waals surface area contributed by atoms with Crippen molar-refractivity contribution in [3.63, 3.8) is 0 Å². The van der Waals surface area contributed by atoms with Crippen molar-refractivity contribution in [1.82, 2.24) is 15.0 Å². The van der Waals surface area contributed by atoms with Crippen LogP contribution in [0.25, 0.3) is 21.9 Å². The van der Waals surface area contributed by atoms with Crippen LogP contribution in [0, 0.1) is 12.7 Å². The highest BCUT2D eigenvalue weighted by atomic mass is 35.5. The summed E-state index contributed by atoms with van der Waals surface area (Å²) in [4.78, 5) is 24.0. The number of benzene rings is 2. The summed E-state index contributed by atoms with van der Waals surface area (Å²) in [6, 6.07) is 9.83. The number of H-pyrrole nitrogens is 1. The minimum absolute atomic E-state index is 0.167. The van der Waals surface area contributed by atoms with Gasteiger partial charge in [-0.2, -0.15) is 0 Å². The molecule has 0 bridgehead atoms. The number of carbonyl (C=O) groups excluding carboxylic acids is 1. The van der Waals surface area contributed by atoms with Gasteiger partial charge in [0.1, 0.15) is 22.7 Å². The number of halogens is 2. The molecule has 8 heteroatoms. The summed E-state index contributed by atoms with van der Waals surface area (Å²) in [5.41, 5.74) is 3.71. The Bertz CT molecular complexity index is 1180. The van der Waals surface area contributed by atoms with Crippen molar-refractivity contribution in [2.45, 2.75) is 11.9 Å². The third-order valence-corrected chi connectivity index (χ3v) is 5.35. The Morgan fingerprint density at radius 2 is 2.11 bits per heavy atom. The number of nitrogens with zero attached hydrogens (tertiary/aromatic N) is 2. The third-order valence-electron chi connectivity index (χ3n) is 4.12. The molecule has 4 aromatic rings. The van der Waals surface area contributed by atoms with Gasteiger partial charge in [-0.3, -0.25) is 4.79 Å². The highest BCUT2D eigenvalue weighted by Crippen LogP contribution is 2.30. The number of aromatic amines is 1. The Hall–Kier alpha value is -2.64. The first-order chi connectivity index (χ1) is 13.0. The maximum atomic E-state index is 13.5. The molecule has 0 unspecified atom stereocenters. The Balaban J connectivity index is 1.56. The van der Waals surface area contributed by atoms with Crippen LogP contribution in [0.2, 0.25) is 5.02 Å². The number of thioether (sulfide) groups is 1. The van der Waals surface area contributed by atoms with Gasteiger partial charge in [0, 0.05) is 21.6 Å². The maximum absolute atomic E-state index is 13.5. The van der Waals surface area contributed by atoms with Crippen LogP contribution < -0.4 is 5.32 Å². The van der Waals surface area contributed by atoms with Gasteiger partial charge in [-0.05, 0) is 42.8 Å². The summed E-state index contributed by atoms with van der Waals surface area (Å²) in [5, 5.41) is 4.74. The predicted molar refractivity (Wildman–Crippen MR) is 107 cm³/mol. The lowest BCUT2D eigenvalue weighted by atomic mass is 10.2. The molecule has 2 aromatic carbocycles. The average molecular weight is 401 g/mol. The number of hydrogen-bond acceptors (Lipinski definition) is 4. The van der Waals surface area contributed by atoms with Crippen molar-refractivity contribution < 1.29 is 9.18 Å². The number of fused-ring (bicyclic) bond motifs is 3. The standard InChI is InChI=1S/C19H14ClFN4OS/c1-10-2-3-11(20)6-15(10)24-16(26)8-27-19-18-17(22-9-23-19)13-7-12(21)4-5-14(13)25-18/h2-7,9,25H,8H2,1H3,(H,24,26). The number of aromatic nitrogens is 3. The van der Waals surface area contributed by atoms with Crippen molar-refractivity contribution in [3.8, 4) is 0 Å². The van der Waals surface area contributed by atoms with E-state index >= 15 is 0 Å². The fourth-order valence-electron chi connectivity index (χ4n) is 2.80. The van der Waals surface area contributed by atoms with Crippen LogP contribution in [0.5, 0.6) is 0 Å². The van der Waals surface area contributed by atoms with Gasteiger partial charge in [-0.1, -0.05) is 29.4 Å². The molecule has 0 saturated carbocycles. The topological polar surface area (TPSA) is 70.7 Å². The molecule has 0 spiro atoms. The van der Waals surface area contributed by atoms with Crippen LogP contribution in [-0.2, 0) is 4.79 Å². The molecule has 0 atom stereocenters. The van der Waals surface area contributed by atoms with Crippen molar-refractivity contribution in [2.24, 2.45) is 0 Å². The molecule has 5 nitrogen and oxygen atoms in total. The Kier molecular flexibility index (Phi) is 4.72. The smallest absolute Gasteiger partial charge is 0.234 e. The molecule has 27 heavy (non-hydrogen) atoms. The highest BCUT2D eigenvalue weighted by molar-refractivity contribution is 8.00. The molecule has 0 fully saturated rings. The molecule has 2 aromatic heterocycles. The molecule has 0 aliphatic heterocycles. The second-order valence-corrected chi connectivity index (χ2v) is 7.41. The molecule has 2 heterocycles. The van der Waals surface area contributed by atoms with E-state index in [2.05, 4.69) is 20.3 Å². The average Bonchev–Trinajstić information content (AvgIpc) is 3.01. The fraction of sp³-hybridized carbons (Fsp3) is 0.105. The van der Waals surface area contributed by atoms with E-state index in [-0.39, 0.29) is 17.5 Å². The summed E-state index contributed by atoms with van der Waals surface area (Å²) in [6.07, 6.45) is 1.42. The lowest BCUT2D eigenvalue weighted by Gasteiger charge is -2.08. The summed E-state index contributed by atoms with van der Waals surface area (Å²) >= 11 is 7.27. The van der Waals surface area contributed by atoms with E-state index in [4.69, 9.17) is 11.6 Å². The normalized spacial score (nSPS) is 11.2. The van der Waals surface area contributed by atoms with Crippen molar-refractivity contribution in [2.75, 3.05) is 11.1 Å². The summed E-state index contributed by atoms with van der Waals surface area (Å²) in [7, 11) is 0. The molecular weight excluding hydrogens is 387 g/mol. The van der Waals surface area contributed by atoms with Gasteiger partial charge >= 0.3 is 0 Å². The quantitative estimate of drug-likeness (QED) is 0.376. The number of aryl methyl sites for hydroxylation is 1. The molecule has 4 rings (SSSR count). The van der Waals surface area contributed by atoms with E-state index in [9.17, 15) is 9.18 Å². The van der Waals surface area contributed by atoms with Crippen LogP contribution in [0.4, 0.5) is 10.1 Å². The molecule has 0 aliphatic rings. The summed E-state index contributed by atoms with van der Waals surface area (Å²) in [6.45, 7) is 1.90. The zero-order chi connectivity index (χ0) is 19.0. The number of rotatable bonds is 4. The minimum Gasteiger partial charge on any atom is -0.351 e. The predicted octanol–water partition coefficient (Wildman–Crippen LogP) is 4.94.